The zero-order valence-electron chi connectivity index (χ0n) is 11.7. The number of benzene rings is 1. The van der Waals surface area contributed by atoms with Gasteiger partial charge >= 0.3 is 0 Å². The van der Waals surface area contributed by atoms with Gasteiger partial charge in [0.1, 0.15) is 0 Å². The molecule has 1 heterocycles. The third kappa shape index (κ3) is 4.83. The molecule has 2 rings (SSSR count). The maximum absolute atomic E-state index is 11.9. The molecule has 1 aliphatic heterocycles. The van der Waals surface area contributed by atoms with Crippen LogP contribution in [-0.2, 0) is 9.05 Å². The molecule has 1 aromatic rings. The SMILES string of the molecule is COP(OCCSC(=O)c1ccccc1)N1CCCC1. The minimum Gasteiger partial charge on any atom is -0.325 e. The van der Waals surface area contributed by atoms with Gasteiger partial charge in [-0.3, -0.25) is 4.79 Å². The molecule has 20 heavy (non-hydrogen) atoms. The Hall–Kier alpha value is -0.450. The molecular formula is C14H20NO3PS. The molecule has 0 amide bonds. The molecule has 1 aromatic carbocycles. The van der Waals surface area contributed by atoms with E-state index >= 15 is 0 Å². The van der Waals surface area contributed by atoms with Crippen LogP contribution >= 0.6 is 20.3 Å². The van der Waals surface area contributed by atoms with E-state index in [-0.39, 0.29) is 5.12 Å². The minimum absolute atomic E-state index is 0.0946. The van der Waals surface area contributed by atoms with Gasteiger partial charge in [0.25, 0.3) is 8.53 Å². The lowest BCUT2D eigenvalue weighted by atomic mass is 10.2. The van der Waals surface area contributed by atoms with Crippen LogP contribution < -0.4 is 0 Å². The average molecular weight is 313 g/mol. The summed E-state index contributed by atoms with van der Waals surface area (Å²) in [5.74, 6) is 0.657. The van der Waals surface area contributed by atoms with E-state index in [0.717, 1.165) is 18.7 Å². The van der Waals surface area contributed by atoms with Crippen molar-refractivity contribution in [2.45, 2.75) is 12.8 Å². The number of hydrogen-bond acceptors (Lipinski definition) is 5. The van der Waals surface area contributed by atoms with Gasteiger partial charge in [0, 0.05) is 31.5 Å². The summed E-state index contributed by atoms with van der Waals surface area (Å²) in [6.07, 6.45) is 2.43. The second kappa shape index (κ2) is 8.75. The quantitative estimate of drug-likeness (QED) is 0.568. The fourth-order valence-corrected chi connectivity index (χ4v) is 4.16. The van der Waals surface area contributed by atoms with E-state index < -0.39 is 8.53 Å². The largest absolute Gasteiger partial charge is 0.325 e. The molecule has 1 fully saturated rings. The molecule has 0 bridgehead atoms. The number of rotatable bonds is 7. The summed E-state index contributed by atoms with van der Waals surface area (Å²) < 4.78 is 13.4. The lowest BCUT2D eigenvalue weighted by Crippen LogP contribution is -2.15. The van der Waals surface area contributed by atoms with Gasteiger partial charge in [-0.15, -0.1) is 0 Å². The molecule has 1 saturated heterocycles. The molecule has 0 N–H and O–H groups in total. The number of hydrogen-bond donors (Lipinski definition) is 0. The van der Waals surface area contributed by atoms with Crippen molar-refractivity contribution in [1.29, 1.82) is 0 Å². The van der Waals surface area contributed by atoms with E-state index in [1.54, 1.807) is 7.11 Å². The molecule has 0 aromatic heterocycles. The van der Waals surface area contributed by atoms with E-state index in [9.17, 15) is 4.79 Å². The highest BCUT2D eigenvalue weighted by Gasteiger charge is 2.23. The maximum Gasteiger partial charge on any atom is 0.258 e. The molecule has 1 aliphatic rings. The van der Waals surface area contributed by atoms with Crippen LogP contribution in [0.1, 0.15) is 23.2 Å². The number of thioether (sulfide) groups is 1. The zero-order chi connectivity index (χ0) is 14.2. The Morgan fingerprint density at radius 1 is 1.30 bits per heavy atom. The third-order valence-corrected chi connectivity index (χ3v) is 5.44. The summed E-state index contributed by atoms with van der Waals surface area (Å²) in [6, 6.07) is 9.33. The molecule has 1 unspecified atom stereocenters. The maximum atomic E-state index is 11.9. The van der Waals surface area contributed by atoms with Crippen LogP contribution in [0.3, 0.4) is 0 Å². The molecule has 110 valence electrons. The third-order valence-electron chi connectivity index (χ3n) is 3.00. The fraction of sp³-hybridized carbons (Fsp3) is 0.500. The van der Waals surface area contributed by atoms with E-state index in [2.05, 4.69) is 4.67 Å². The summed E-state index contributed by atoms with van der Waals surface area (Å²) in [5, 5.41) is 0.0946. The predicted octanol–water partition coefficient (Wildman–Crippen LogP) is 3.55. The summed E-state index contributed by atoms with van der Waals surface area (Å²) in [6.45, 7) is 2.64. The lowest BCUT2D eigenvalue weighted by Gasteiger charge is -2.23. The second-order valence-electron chi connectivity index (χ2n) is 4.42. The molecule has 0 saturated carbocycles. The standard InChI is InChI=1S/C14H20NO3PS/c1-17-19(15-9-5-6-10-15)18-11-12-20-14(16)13-7-3-2-4-8-13/h2-4,7-8H,5-6,9-12H2,1H3. The molecule has 4 nitrogen and oxygen atoms in total. The second-order valence-corrected chi connectivity index (χ2v) is 7.15. The summed E-state index contributed by atoms with van der Waals surface area (Å²) in [5.41, 5.74) is 0.742. The highest BCUT2D eigenvalue weighted by molar-refractivity contribution is 8.14. The van der Waals surface area contributed by atoms with Crippen LogP contribution in [0.2, 0.25) is 0 Å². The van der Waals surface area contributed by atoms with Crippen LogP contribution in [-0.4, -0.2) is 42.3 Å². The van der Waals surface area contributed by atoms with Gasteiger partial charge in [0.2, 0.25) is 5.12 Å². The van der Waals surface area contributed by atoms with Crippen molar-refractivity contribution in [1.82, 2.24) is 4.67 Å². The van der Waals surface area contributed by atoms with Gasteiger partial charge in [-0.05, 0) is 12.8 Å². The van der Waals surface area contributed by atoms with Gasteiger partial charge in [-0.1, -0.05) is 42.1 Å². The first-order valence-corrected chi connectivity index (χ1v) is 8.87. The van der Waals surface area contributed by atoms with Crippen molar-refractivity contribution < 1.29 is 13.8 Å². The first-order chi connectivity index (χ1) is 9.81. The van der Waals surface area contributed by atoms with Crippen molar-refractivity contribution in [3.63, 3.8) is 0 Å². The highest BCUT2D eigenvalue weighted by Crippen LogP contribution is 2.43. The Balaban J connectivity index is 1.66. The molecule has 0 spiro atoms. The molecule has 1 atom stereocenters. The topological polar surface area (TPSA) is 38.8 Å². The van der Waals surface area contributed by atoms with E-state index in [1.165, 1.54) is 24.6 Å². The van der Waals surface area contributed by atoms with Gasteiger partial charge in [-0.2, -0.15) is 0 Å². The summed E-state index contributed by atoms with van der Waals surface area (Å²) in [4.78, 5) is 11.9. The molecular weight excluding hydrogens is 293 g/mol. The number of carbonyl (C=O) groups is 1. The van der Waals surface area contributed by atoms with Crippen LogP contribution in [0.5, 0.6) is 0 Å². The van der Waals surface area contributed by atoms with Crippen molar-refractivity contribution >= 4 is 25.4 Å². The van der Waals surface area contributed by atoms with Gasteiger partial charge < -0.3 is 9.05 Å². The van der Waals surface area contributed by atoms with Gasteiger partial charge in [0.05, 0.1) is 6.61 Å². The first-order valence-electron chi connectivity index (χ1n) is 6.75. The number of nitrogens with zero attached hydrogens (tertiary/aromatic N) is 1. The van der Waals surface area contributed by atoms with E-state index in [1.807, 2.05) is 30.3 Å². The van der Waals surface area contributed by atoms with Crippen LogP contribution in [0.4, 0.5) is 0 Å². The Morgan fingerprint density at radius 2 is 2.00 bits per heavy atom. The van der Waals surface area contributed by atoms with Crippen molar-refractivity contribution in [2.24, 2.45) is 0 Å². The predicted molar refractivity (Wildman–Crippen MR) is 83.9 cm³/mol. The van der Waals surface area contributed by atoms with Crippen LogP contribution in [0.15, 0.2) is 30.3 Å². The Labute approximate surface area is 125 Å². The van der Waals surface area contributed by atoms with Crippen molar-refractivity contribution in [2.75, 3.05) is 32.6 Å². The first kappa shape index (κ1) is 15.9. The lowest BCUT2D eigenvalue weighted by molar-refractivity contribution is 0.108. The van der Waals surface area contributed by atoms with E-state index in [4.69, 9.17) is 9.05 Å². The normalized spacial score (nSPS) is 17.2. The van der Waals surface area contributed by atoms with E-state index in [0.29, 0.717) is 12.4 Å². The minimum atomic E-state index is -0.936. The highest BCUT2D eigenvalue weighted by atomic mass is 32.2. The fourth-order valence-electron chi connectivity index (χ4n) is 2.02. The monoisotopic (exact) mass is 313 g/mol. The average Bonchev–Trinajstić information content (AvgIpc) is 3.02. The summed E-state index contributed by atoms with van der Waals surface area (Å²) >= 11 is 1.30. The van der Waals surface area contributed by atoms with Crippen LogP contribution in [0.25, 0.3) is 0 Å². The van der Waals surface area contributed by atoms with Crippen molar-refractivity contribution in [3.8, 4) is 0 Å². The Kier molecular flexibility index (Phi) is 6.97. The summed E-state index contributed by atoms with van der Waals surface area (Å²) in [7, 11) is 0.751. The Morgan fingerprint density at radius 3 is 2.65 bits per heavy atom. The van der Waals surface area contributed by atoms with Crippen LogP contribution in [0, 0.1) is 0 Å². The van der Waals surface area contributed by atoms with Gasteiger partial charge in [-0.25, -0.2) is 4.67 Å². The Bertz CT molecular complexity index is 412. The molecule has 0 radical (unpaired) electrons. The zero-order valence-corrected chi connectivity index (χ0v) is 13.4. The smallest absolute Gasteiger partial charge is 0.258 e. The van der Waals surface area contributed by atoms with Gasteiger partial charge in [0.15, 0.2) is 0 Å². The van der Waals surface area contributed by atoms with Crippen molar-refractivity contribution in [3.05, 3.63) is 35.9 Å². The molecule has 6 heteroatoms. The number of carbonyl (C=O) groups excluding carboxylic acids is 1. The molecule has 0 aliphatic carbocycles.